The Bertz CT molecular complexity index is 534. The Kier molecular flexibility index (Phi) is 3.65. The van der Waals surface area contributed by atoms with E-state index in [4.69, 9.17) is 4.74 Å². The van der Waals surface area contributed by atoms with Crippen molar-refractivity contribution in [2.75, 3.05) is 7.11 Å². The molecule has 1 aromatic carbocycles. The summed E-state index contributed by atoms with van der Waals surface area (Å²) in [6, 6.07) is 6.19. The van der Waals surface area contributed by atoms with Gasteiger partial charge in [0.1, 0.15) is 12.1 Å². The smallest absolute Gasteiger partial charge is 0.161 e. The standard InChI is InChI=1S/C14H19N3O/c1-5-10(2)11-7-6-8-12(13(11)18-4)14-15-9-16-17(14)3/h6-10H,5H2,1-4H3. The first-order chi connectivity index (χ1) is 8.69. The van der Waals surface area contributed by atoms with Crippen LogP contribution in [0.3, 0.4) is 0 Å². The highest BCUT2D eigenvalue weighted by Crippen LogP contribution is 2.36. The number of ether oxygens (including phenoxy) is 1. The molecular formula is C14H19N3O. The molecule has 0 aliphatic rings. The first-order valence-corrected chi connectivity index (χ1v) is 6.20. The van der Waals surface area contributed by atoms with E-state index in [9.17, 15) is 0 Å². The van der Waals surface area contributed by atoms with Crippen LogP contribution in [0.4, 0.5) is 0 Å². The van der Waals surface area contributed by atoms with Crippen LogP contribution < -0.4 is 4.74 Å². The average Bonchev–Trinajstić information content (AvgIpc) is 2.82. The largest absolute Gasteiger partial charge is 0.496 e. The molecule has 0 saturated heterocycles. The number of hydrogen-bond acceptors (Lipinski definition) is 3. The van der Waals surface area contributed by atoms with Crippen LogP contribution in [0.5, 0.6) is 5.75 Å². The lowest BCUT2D eigenvalue weighted by Crippen LogP contribution is -2.01. The van der Waals surface area contributed by atoms with E-state index in [2.05, 4.69) is 30.0 Å². The summed E-state index contributed by atoms with van der Waals surface area (Å²) in [5.74, 6) is 2.20. The number of aryl methyl sites for hydroxylation is 1. The zero-order valence-corrected chi connectivity index (χ0v) is 11.3. The van der Waals surface area contributed by atoms with Crippen LogP contribution in [0.25, 0.3) is 11.4 Å². The number of benzene rings is 1. The minimum absolute atomic E-state index is 0.466. The highest BCUT2D eigenvalue weighted by Gasteiger charge is 2.17. The summed E-state index contributed by atoms with van der Waals surface area (Å²) in [7, 11) is 3.60. The molecule has 0 spiro atoms. The Labute approximate surface area is 108 Å². The Balaban J connectivity index is 2.58. The fourth-order valence-electron chi connectivity index (χ4n) is 2.11. The topological polar surface area (TPSA) is 39.9 Å². The minimum Gasteiger partial charge on any atom is -0.496 e. The summed E-state index contributed by atoms with van der Waals surface area (Å²) in [6.07, 6.45) is 2.64. The fraction of sp³-hybridized carbons (Fsp3) is 0.429. The van der Waals surface area contributed by atoms with Gasteiger partial charge in [-0.05, 0) is 24.0 Å². The van der Waals surface area contributed by atoms with Gasteiger partial charge in [0.05, 0.1) is 12.7 Å². The third-order valence-electron chi connectivity index (χ3n) is 3.35. The molecule has 4 heteroatoms. The van der Waals surface area contributed by atoms with Crippen LogP contribution >= 0.6 is 0 Å². The molecule has 0 amide bonds. The maximum absolute atomic E-state index is 5.60. The summed E-state index contributed by atoms with van der Waals surface area (Å²) in [4.78, 5) is 4.29. The van der Waals surface area contributed by atoms with Crippen molar-refractivity contribution in [2.24, 2.45) is 7.05 Å². The molecule has 0 aliphatic carbocycles. The monoisotopic (exact) mass is 245 g/mol. The number of nitrogens with zero attached hydrogens (tertiary/aromatic N) is 3. The molecule has 0 radical (unpaired) electrons. The summed E-state index contributed by atoms with van der Waals surface area (Å²) < 4.78 is 7.36. The molecule has 0 saturated carbocycles. The van der Waals surface area contributed by atoms with Gasteiger partial charge in [-0.15, -0.1) is 0 Å². The Morgan fingerprint density at radius 3 is 2.72 bits per heavy atom. The predicted molar refractivity (Wildman–Crippen MR) is 71.7 cm³/mol. The van der Waals surface area contributed by atoms with Crippen LogP contribution in [-0.4, -0.2) is 21.9 Å². The first-order valence-electron chi connectivity index (χ1n) is 6.20. The van der Waals surface area contributed by atoms with Crippen molar-refractivity contribution in [1.82, 2.24) is 14.8 Å². The van der Waals surface area contributed by atoms with E-state index in [0.29, 0.717) is 5.92 Å². The van der Waals surface area contributed by atoms with Crippen molar-refractivity contribution < 1.29 is 4.74 Å². The van der Waals surface area contributed by atoms with E-state index < -0.39 is 0 Å². The summed E-state index contributed by atoms with van der Waals surface area (Å²) in [5.41, 5.74) is 2.22. The van der Waals surface area contributed by atoms with E-state index in [1.165, 1.54) is 5.56 Å². The van der Waals surface area contributed by atoms with Gasteiger partial charge >= 0.3 is 0 Å². The van der Waals surface area contributed by atoms with E-state index in [-0.39, 0.29) is 0 Å². The molecule has 96 valence electrons. The van der Waals surface area contributed by atoms with Gasteiger partial charge in [0.2, 0.25) is 0 Å². The molecular weight excluding hydrogens is 226 g/mol. The number of para-hydroxylation sites is 1. The van der Waals surface area contributed by atoms with Crippen molar-refractivity contribution in [3.63, 3.8) is 0 Å². The zero-order chi connectivity index (χ0) is 13.1. The third-order valence-corrected chi connectivity index (χ3v) is 3.35. The lowest BCUT2D eigenvalue weighted by molar-refractivity contribution is 0.407. The Morgan fingerprint density at radius 2 is 2.17 bits per heavy atom. The van der Waals surface area contributed by atoms with Gasteiger partial charge in [0.25, 0.3) is 0 Å². The van der Waals surface area contributed by atoms with Gasteiger partial charge in [-0.25, -0.2) is 9.67 Å². The third kappa shape index (κ3) is 2.10. The Morgan fingerprint density at radius 1 is 1.39 bits per heavy atom. The summed E-state index contributed by atoms with van der Waals surface area (Å²) in [5, 5.41) is 4.11. The highest BCUT2D eigenvalue weighted by atomic mass is 16.5. The van der Waals surface area contributed by atoms with Crippen molar-refractivity contribution in [2.45, 2.75) is 26.2 Å². The number of aromatic nitrogens is 3. The minimum atomic E-state index is 0.466. The summed E-state index contributed by atoms with van der Waals surface area (Å²) in [6.45, 7) is 4.39. The normalized spacial score (nSPS) is 12.4. The lowest BCUT2D eigenvalue weighted by Gasteiger charge is -2.17. The van der Waals surface area contributed by atoms with E-state index in [1.807, 2.05) is 19.2 Å². The molecule has 0 fully saturated rings. The molecule has 1 heterocycles. The van der Waals surface area contributed by atoms with Gasteiger partial charge < -0.3 is 4.74 Å². The maximum atomic E-state index is 5.60. The van der Waals surface area contributed by atoms with E-state index >= 15 is 0 Å². The molecule has 0 aliphatic heterocycles. The first kappa shape index (κ1) is 12.6. The van der Waals surface area contributed by atoms with Gasteiger partial charge in [-0.3, -0.25) is 0 Å². The van der Waals surface area contributed by atoms with Gasteiger partial charge in [-0.2, -0.15) is 5.10 Å². The molecule has 2 aromatic rings. The van der Waals surface area contributed by atoms with E-state index in [0.717, 1.165) is 23.6 Å². The molecule has 18 heavy (non-hydrogen) atoms. The van der Waals surface area contributed by atoms with Crippen molar-refractivity contribution >= 4 is 0 Å². The second kappa shape index (κ2) is 5.21. The Hall–Kier alpha value is -1.84. The van der Waals surface area contributed by atoms with Crippen molar-refractivity contribution in [3.8, 4) is 17.1 Å². The average molecular weight is 245 g/mol. The fourth-order valence-corrected chi connectivity index (χ4v) is 2.11. The molecule has 1 atom stereocenters. The SMILES string of the molecule is CCC(C)c1cccc(-c2ncnn2C)c1OC. The zero-order valence-electron chi connectivity index (χ0n) is 11.3. The van der Waals surface area contributed by atoms with Gasteiger partial charge in [0.15, 0.2) is 5.82 Å². The van der Waals surface area contributed by atoms with E-state index in [1.54, 1.807) is 18.1 Å². The second-order valence-electron chi connectivity index (χ2n) is 4.44. The van der Waals surface area contributed by atoms with Crippen molar-refractivity contribution in [1.29, 1.82) is 0 Å². The summed E-state index contributed by atoms with van der Waals surface area (Å²) >= 11 is 0. The molecule has 0 N–H and O–H groups in total. The number of rotatable bonds is 4. The van der Waals surface area contributed by atoms with Crippen LogP contribution in [0, 0.1) is 0 Å². The van der Waals surface area contributed by atoms with Crippen LogP contribution in [0.15, 0.2) is 24.5 Å². The second-order valence-corrected chi connectivity index (χ2v) is 4.44. The van der Waals surface area contributed by atoms with Crippen molar-refractivity contribution in [3.05, 3.63) is 30.1 Å². The van der Waals surface area contributed by atoms with Crippen LogP contribution in [-0.2, 0) is 7.05 Å². The van der Waals surface area contributed by atoms with Crippen LogP contribution in [0.2, 0.25) is 0 Å². The van der Waals surface area contributed by atoms with Gasteiger partial charge in [0, 0.05) is 7.05 Å². The number of methoxy groups -OCH3 is 1. The molecule has 2 rings (SSSR count). The predicted octanol–water partition coefficient (Wildman–Crippen LogP) is 3.00. The molecule has 4 nitrogen and oxygen atoms in total. The number of hydrogen-bond donors (Lipinski definition) is 0. The molecule has 1 unspecified atom stereocenters. The van der Waals surface area contributed by atoms with Gasteiger partial charge in [-0.1, -0.05) is 26.0 Å². The quantitative estimate of drug-likeness (QED) is 0.831. The molecule has 1 aromatic heterocycles. The van der Waals surface area contributed by atoms with Crippen LogP contribution in [0.1, 0.15) is 31.7 Å². The maximum Gasteiger partial charge on any atom is 0.161 e. The lowest BCUT2D eigenvalue weighted by atomic mass is 9.95. The highest BCUT2D eigenvalue weighted by molar-refractivity contribution is 5.67. The molecule has 0 bridgehead atoms.